The highest BCUT2D eigenvalue weighted by Gasteiger charge is 2.20. The summed E-state index contributed by atoms with van der Waals surface area (Å²) in [6.07, 6.45) is 1.00. The van der Waals surface area contributed by atoms with Gasteiger partial charge in [0.2, 0.25) is 0 Å². The molecule has 24 heavy (non-hydrogen) atoms. The van der Waals surface area contributed by atoms with Crippen molar-refractivity contribution in [3.05, 3.63) is 59.7 Å². The van der Waals surface area contributed by atoms with Crippen LogP contribution in [0.2, 0.25) is 0 Å². The van der Waals surface area contributed by atoms with E-state index >= 15 is 0 Å². The molecule has 0 heterocycles. The summed E-state index contributed by atoms with van der Waals surface area (Å²) < 4.78 is 0. The van der Waals surface area contributed by atoms with Crippen molar-refractivity contribution in [3.8, 4) is 11.1 Å². The van der Waals surface area contributed by atoms with Crippen LogP contribution in [0.25, 0.3) is 11.1 Å². The van der Waals surface area contributed by atoms with Crippen LogP contribution in [-0.2, 0) is 0 Å². The zero-order valence-electron chi connectivity index (χ0n) is 14.3. The Morgan fingerprint density at radius 3 is 2.04 bits per heavy atom. The van der Waals surface area contributed by atoms with Crippen molar-refractivity contribution in [2.24, 2.45) is 5.92 Å². The molecular formula is C20H23NO3. The molecule has 0 saturated carbocycles. The minimum atomic E-state index is -0.999. The molecule has 0 fully saturated rings. The molecule has 4 heteroatoms. The van der Waals surface area contributed by atoms with Crippen LogP contribution in [0.15, 0.2) is 48.5 Å². The SMILES string of the molecule is CCC(C)CN(C)C(=O)c1ccccc1-c1ccccc1C(=O)O. The van der Waals surface area contributed by atoms with Gasteiger partial charge in [-0.3, -0.25) is 4.79 Å². The first-order valence-corrected chi connectivity index (χ1v) is 8.12. The second kappa shape index (κ2) is 7.77. The molecule has 0 spiro atoms. The van der Waals surface area contributed by atoms with Crippen LogP contribution in [-0.4, -0.2) is 35.5 Å². The van der Waals surface area contributed by atoms with Gasteiger partial charge in [-0.15, -0.1) is 0 Å². The fraction of sp³-hybridized carbons (Fsp3) is 0.300. The van der Waals surface area contributed by atoms with Gasteiger partial charge in [0, 0.05) is 19.2 Å². The van der Waals surface area contributed by atoms with Crippen molar-refractivity contribution >= 4 is 11.9 Å². The summed E-state index contributed by atoms with van der Waals surface area (Å²) >= 11 is 0. The predicted octanol–water partition coefficient (Wildman–Crippen LogP) is 4.17. The minimum Gasteiger partial charge on any atom is -0.478 e. The molecule has 126 valence electrons. The van der Waals surface area contributed by atoms with Gasteiger partial charge in [0.05, 0.1) is 5.56 Å². The van der Waals surface area contributed by atoms with E-state index in [9.17, 15) is 14.7 Å². The number of amides is 1. The maximum absolute atomic E-state index is 12.8. The Balaban J connectivity index is 2.45. The first kappa shape index (κ1) is 17.7. The number of carbonyl (C=O) groups is 2. The number of carboxylic acids is 1. The number of aromatic carboxylic acids is 1. The van der Waals surface area contributed by atoms with Crippen LogP contribution >= 0.6 is 0 Å². The topological polar surface area (TPSA) is 57.6 Å². The number of hydrogen-bond donors (Lipinski definition) is 1. The van der Waals surface area contributed by atoms with Gasteiger partial charge in [-0.1, -0.05) is 56.7 Å². The van der Waals surface area contributed by atoms with E-state index in [-0.39, 0.29) is 11.5 Å². The van der Waals surface area contributed by atoms with E-state index in [1.807, 2.05) is 6.07 Å². The molecule has 0 aliphatic carbocycles. The molecule has 1 unspecified atom stereocenters. The van der Waals surface area contributed by atoms with Gasteiger partial charge in [0.25, 0.3) is 5.91 Å². The molecular weight excluding hydrogens is 302 g/mol. The Morgan fingerprint density at radius 2 is 1.50 bits per heavy atom. The number of hydrogen-bond acceptors (Lipinski definition) is 2. The third-order valence-corrected chi connectivity index (χ3v) is 4.23. The third kappa shape index (κ3) is 3.82. The predicted molar refractivity (Wildman–Crippen MR) is 95.3 cm³/mol. The molecule has 2 aromatic rings. The highest BCUT2D eigenvalue weighted by molar-refractivity contribution is 6.04. The lowest BCUT2D eigenvalue weighted by Crippen LogP contribution is -2.31. The maximum atomic E-state index is 12.8. The van der Waals surface area contributed by atoms with E-state index in [4.69, 9.17) is 0 Å². The lowest BCUT2D eigenvalue weighted by atomic mass is 9.94. The standard InChI is InChI=1S/C20H23NO3/c1-4-14(2)13-21(3)19(22)17-11-7-5-9-15(17)16-10-6-8-12-18(16)20(23)24/h5-12,14H,4,13H2,1-3H3,(H,23,24). The molecule has 0 aliphatic heterocycles. The zero-order chi connectivity index (χ0) is 17.7. The van der Waals surface area contributed by atoms with Crippen molar-refractivity contribution in [2.45, 2.75) is 20.3 Å². The Bertz CT molecular complexity index is 739. The fourth-order valence-corrected chi connectivity index (χ4v) is 2.69. The van der Waals surface area contributed by atoms with Crippen molar-refractivity contribution in [1.29, 1.82) is 0 Å². The molecule has 0 bridgehead atoms. The summed E-state index contributed by atoms with van der Waals surface area (Å²) in [6.45, 7) is 4.87. The summed E-state index contributed by atoms with van der Waals surface area (Å²) in [6, 6.07) is 13.9. The number of carbonyl (C=O) groups excluding carboxylic acids is 1. The average molecular weight is 325 g/mol. The largest absolute Gasteiger partial charge is 0.478 e. The monoisotopic (exact) mass is 325 g/mol. The molecule has 2 rings (SSSR count). The van der Waals surface area contributed by atoms with Gasteiger partial charge in [0.15, 0.2) is 0 Å². The van der Waals surface area contributed by atoms with Crippen LogP contribution < -0.4 is 0 Å². The third-order valence-electron chi connectivity index (χ3n) is 4.23. The van der Waals surface area contributed by atoms with Gasteiger partial charge >= 0.3 is 5.97 Å². The molecule has 2 aromatic carbocycles. The Kier molecular flexibility index (Phi) is 5.74. The fourth-order valence-electron chi connectivity index (χ4n) is 2.69. The summed E-state index contributed by atoms with van der Waals surface area (Å²) in [4.78, 5) is 26.1. The normalized spacial score (nSPS) is 11.8. The molecule has 0 radical (unpaired) electrons. The minimum absolute atomic E-state index is 0.0916. The number of benzene rings is 2. The van der Waals surface area contributed by atoms with Crippen LogP contribution in [0, 0.1) is 5.92 Å². The first-order valence-electron chi connectivity index (χ1n) is 8.12. The zero-order valence-corrected chi connectivity index (χ0v) is 14.3. The van der Waals surface area contributed by atoms with Gasteiger partial charge in [-0.05, 0) is 29.2 Å². The highest BCUT2D eigenvalue weighted by Crippen LogP contribution is 2.28. The van der Waals surface area contributed by atoms with Crippen LogP contribution in [0.1, 0.15) is 41.0 Å². The second-order valence-corrected chi connectivity index (χ2v) is 6.10. The van der Waals surface area contributed by atoms with Crippen molar-refractivity contribution in [3.63, 3.8) is 0 Å². The smallest absolute Gasteiger partial charge is 0.336 e. The molecule has 1 amide bonds. The van der Waals surface area contributed by atoms with Crippen molar-refractivity contribution in [1.82, 2.24) is 4.90 Å². The van der Waals surface area contributed by atoms with Crippen molar-refractivity contribution < 1.29 is 14.7 Å². The first-order chi connectivity index (χ1) is 11.5. The molecule has 1 atom stereocenters. The summed E-state index contributed by atoms with van der Waals surface area (Å²) in [5.41, 5.74) is 1.93. The molecule has 0 aromatic heterocycles. The molecule has 0 saturated heterocycles. The summed E-state index contributed by atoms with van der Waals surface area (Å²) in [7, 11) is 1.79. The van der Waals surface area contributed by atoms with Gasteiger partial charge in [0.1, 0.15) is 0 Å². The van der Waals surface area contributed by atoms with Crippen LogP contribution in [0.4, 0.5) is 0 Å². The second-order valence-electron chi connectivity index (χ2n) is 6.10. The summed E-state index contributed by atoms with van der Waals surface area (Å²) in [5, 5.41) is 9.42. The van der Waals surface area contributed by atoms with Crippen LogP contribution in [0.3, 0.4) is 0 Å². The van der Waals surface area contributed by atoms with E-state index in [2.05, 4.69) is 13.8 Å². The van der Waals surface area contributed by atoms with Gasteiger partial charge < -0.3 is 10.0 Å². The van der Waals surface area contributed by atoms with Crippen molar-refractivity contribution in [2.75, 3.05) is 13.6 Å². The molecule has 1 N–H and O–H groups in total. The average Bonchev–Trinajstić information content (AvgIpc) is 2.60. The number of nitrogens with zero attached hydrogens (tertiary/aromatic N) is 1. The van der Waals surface area contributed by atoms with Crippen LogP contribution in [0.5, 0.6) is 0 Å². The maximum Gasteiger partial charge on any atom is 0.336 e. The Hall–Kier alpha value is -2.62. The van der Waals surface area contributed by atoms with E-state index < -0.39 is 5.97 Å². The quantitative estimate of drug-likeness (QED) is 0.867. The number of carboxylic acid groups (broad SMARTS) is 1. The lowest BCUT2D eigenvalue weighted by Gasteiger charge is -2.22. The van der Waals surface area contributed by atoms with Gasteiger partial charge in [-0.25, -0.2) is 4.79 Å². The van der Waals surface area contributed by atoms with E-state index in [0.29, 0.717) is 29.2 Å². The number of rotatable bonds is 6. The van der Waals surface area contributed by atoms with E-state index in [1.165, 1.54) is 0 Å². The van der Waals surface area contributed by atoms with Gasteiger partial charge in [-0.2, -0.15) is 0 Å². The highest BCUT2D eigenvalue weighted by atomic mass is 16.4. The van der Waals surface area contributed by atoms with E-state index in [1.54, 1.807) is 54.4 Å². The Morgan fingerprint density at radius 1 is 1.00 bits per heavy atom. The lowest BCUT2D eigenvalue weighted by molar-refractivity contribution is 0.0696. The summed E-state index contributed by atoms with van der Waals surface area (Å²) in [5.74, 6) is -0.677. The molecule has 4 nitrogen and oxygen atoms in total. The van der Waals surface area contributed by atoms with E-state index in [0.717, 1.165) is 6.42 Å². The molecule has 0 aliphatic rings. The Labute approximate surface area is 142 Å².